The standard InChI is InChI=1S/C12H15N3O3S/c1-12(2,19-3)7-13-11-14-10-8(15(16)17)5-4-6-9(10)18-11/h4-6H,7H2,1-3H3,(H,13,14). The van der Waals surface area contributed by atoms with Crippen LogP contribution in [-0.2, 0) is 0 Å². The number of aromatic nitrogens is 1. The van der Waals surface area contributed by atoms with Crippen molar-refractivity contribution in [1.29, 1.82) is 0 Å². The van der Waals surface area contributed by atoms with Crippen molar-refractivity contribution in [3.63, 3.8) is 0 Å². The van der Waals surface area contributed by atoms with Crippen LogP contribution in [0.2, 0.25) is 0 Å². The fourth-order valence-corrected chi connectivity index (χ4v) is 1.73. The van der Waals surface area contributed by atoms with E-state index >= 15 is 0 Å². The average molecular weight is 281 g/mol. The van der Waals surface area contributed by atoms with Gasteiger partial charge in [-0.2, -0.15) is 16.7 Å². The zero-order chi connectivity index (χ0) is 14.0. The molecule has 0 fully saturated rings. The average Bonchev–Trinajstić information content (AvgIpc) is 2.79. The summed E-state index contributed by atoms with van der Waals surface area (Å²) < 4.78 is 5.50. The van der Waals surface area contributed by atoms with Crippen LogP contribution in [0.5, 0.6) is 0 Å². The van der Waals surface area contributed by atoms with E-state index < -0.39 is 4.92 Å². The molecule has 7 heteroatoms. The fraction of sp³-hybridized carbons (Fsp3) is 0.417. The van der Waals surface area contributed by atoms with Crippen molar-refractivity contribution in [2.45, 2.75) is 18.6 Å². The number of rotatable bonds is 5. The third-order valence-corrected chi connectivity index (χ3v) is 4.06. The predicted molar refractivity (Wildman–Crippen MR) is 76.7 cm³/mol. The molecule has 1 aromatic carbocycles. The number of nitrogens with one attached hydrogen (secondary N) is 1. The molecule has 102 valence electrons. The molecular weight excluding hydrogens is 266 g/mol. The maximum atomic E-state index is 10.9. The maximum absolute atomic E-state index is 10.9. The van der Waals surface area contributed by atoms with Crippen LogP contribution in [0, 0.1) is 10.1 Å². The van der Waals surface area contributed by atoms with Gasteiger partial charge in [0.1, 0.15) is 0 Å². The van der Waals surface area contributed by atoms with Crippen molar-refractivity contribution in [1.82, 2.24) is 4.98 Å². The maximum Gasteiger partial charge on any atom is 0.298 e. The van der Waals surface area contributed by atoms with E-state index in [1.807, 2.05) is 6.26 Å². The molecule has 0 saturated carbocycles. The van der Waals surface area contributed by atoms with Gasteiger partial charge in [-0.1, -0.05) is 6.07 Å². The largest absolute Gasteiger partial charge is 0.423 e. The van der Waals surface area contributed by atoms with Gasteiger partial charge in [0.15, 0.2) is 11.1 Å². The molecule has 0 atom stereocenters. The van der Waals surface area contributed by atoms with Crippen LogP contribution in [0.3, 0.4) is 0 Å². The Morgan fingerprint density at radius 3 is 2.89 bits per heavy atom. The Labute approximate surface area is 114 Å². The van der Waals surface area contributed by atoms with Crippen LogP contribution in [0.4, 0.5) is 11.7 Å². The molecular formula is C12H15N3O3S. The molecule has 0 aliphatic heterocycles. The first-order valence-electron chi connectivity index (χ1n) is 5.76. The Hall–Kier alpha value is -1.76. The van der Waals surface area contributed by atoms with Crippen LogP contribution < -0.4 is 5.32 Å². The number of hydrogen-bond donors (Lipinski definition) is 1. The summed E-state index contributed by atoms with van der Waals surface area (Å²) in [5, 5.41) is 14.0. The van der Waals surface area contributed by atoms with Crippen molar-refractivity contribution in [3.05, 3.63) is 28.3 Å². The summed E-state index contributed by atoms with van der Waals surface area (Å²) in [5.41, 5.74) is 0.647. The molecule has 0 aliphatic carbocycles. The normalized spacial score (nSPS) is 11.7. The molecule has 0 amide bonds. The molecule has 6 nitrogen and oxygen atoms in total. The zero-order valence-corrected chi connectivity index (χ0v) is 11.8. The first-order valence-corrected chi connectivity index (χ1v) is 6.98. The summed E-state index contributed by atoms with van der Waals surface area (Å²) >= 11 is 1.72. The van der Waals surface area contributed by atoms with Crippen LogP contribution in [0.25, 0.3) is 11.1 Å². The van der Waals surface area contributed by atoms with E-state index in [4.69, 9.17) is 4.42 Å². The van der Waals surface area contributed by atoms with Crippen LogP contribution in [0.15, 0.2) is 22.6 Å². The Balaban J connectivity index is 2.27. The van der Waals surface area contributed by atoms with Gasteiger partial charge in [0.25, 0.3) is 11.7 Å². The van der Waals surface area contributed by atoms with E-state index in [1.165, 1.54) is 6.07 Å². The minimum atomic E-state index is -0.458. The Morgan fingerprint density at radius 1 is 1.53 bits per heavy atom. The van der Waals surface area contributed by atoms with Gasteiger partial charge in [-0.3, -0.25) is 10.1 Å². The number of nitro groups is 1. The monoisotopic (exact) mass is 281 g/mol. The molecule has 1 N–H and O–H groups in total. The van der Waals surface area contributed by atoms with Gasteiger partial charge in [-0.25, -0.2) is 0 Å². The van der Waals surface area contributed by atoms with Crippen LogP contribution in [0.1, 0.15) is 13.8 Å². The van der Waals surface area contributed by atoms with E-state index in [1.54, 1.807) is 23.9 Å². The van der Waals surface area contributed by atoms with Gasteiger partial charge in [-0.05, 0) is 26.2 Å². The third kappa shape index (κ3) is 2.98. The Kier molecular flexibility index (Phi) is 3.66. The lowest BCUT2D eigenvalue weighted by Gasteiger charge is -2.21. The van der Waals surface area contributed by atoms with Crippen molar-refractivity contribution in [2.75, 3.05) is 18.1 Å². The number of para-hydroxylation sites is 1. The minimum absolute atomic E-state index is 0.0343. The summed E-state index contributed by atoms with van der Waals surface area (Å²) in [5.74, 6) is 0. The number of benzene rings is 1. The third-order valence-electron chi connectivity index (χ3n) is 2.81. The van der Waals surface area contributed by atoms with Crippen molar-refractivity contribution in [2.24, 2.45) is 0 Å². The van der Waals surface area contributed by atoms with Gasteiger partial charge < -0.3 is 9.73 Å². The fourth-order valence-electron chi connectivity index (χ4n) is 1.52. The van der Waals surface area contributed by atoms with E-state index in [-0.39, 0.29) is 16.0 Å². The number of oxazole rings is 1. The zero-order valence-electron chi connectivity index (χ0n) is 11.0. The molecule has 19 heavy (non-hydrogen) atoms. The number of anilines is 1. The summed E-state index contributed by atoms with van der Waals surface area (Å²) in [6.07, 6.45) is 2.03. The molecule has 0 aliphatic rings. The summed E-state index contributed by atoms with van der Waals surface area (Å²) in [6, 6.07) is 4.98. The number of fused-ring (bicyclic) bond motifs is 1. The van der Waals surface area contributed by atoms with Crippen molar-refractivity contribution in [3.8, 4) is 0 Å². The lowest BCUT2D eigenvalue weighted by atomic mass is 10.2. The number of hydrogen-bond acceptors (Lipinski definition) is 6. The highest BCUT2D eigenvalue weighted by atomic mass is 32.2. The van der Waals surface area contributed by atoms with E-state index in [9.17, 15) is 10.1 Å². The van der Waals surface area contributed by atoms with Gasteiger partial charge >= 0.3 is 0 Å². The quantitative estimate of drug-likeness (QED) is 0.669. The highest BCUT2D eigenvalue weighted by molar-refractivity contribution is 7.99. The van der Waals surface area contributed by atoms with Gasteiger partial charge in [0.2, 0.25) is 0 Å². The molecule has 0 spiro atoms. The molecule has 1 aromatic heterocycles. The topological polar surface area (TPSA) is 81.2 Å². The molecule has 0 unspecified atom stereocenters. The first kappa shape index (κ1) is 13.7. The predicted octanol–water partition coefficient (Wildman–Crippen LogP) is 3.29. The second-order valence-electron chi connectivity index (χ2n) is 4.72. The van der Waals surface area contributed by atoms with Crippen LogP contribution in [-0.4, -0.2) is 27.5 Å². The number of thioether (sulfide) groups is 1. The highest BCUT2D eigenvalue weighted by Gasteiger charge is 2.20. The van der Waals surface area contributed by atoms with Crippen molar-refractivity contribution < 1.29 is 9.34 Å². The smallest absolute Gasteiger partial charge is 0.298 e. The SMILES string of the molecule is CSC(C)(C)CNc1nc2c([N+](=O)[O-])cccc2o1. The minimum Gasteiger partial charge on any atom is -0.423 e. The Bertz CT molecular complexity index is 609. The lowest BCUT2D eigenvalue weighted by Crippen LogP contribution is -2.25. The van der Waals surface area contributed by atoms with Crippen molar-refractivity contribution >= 4 is 34.6 Å². The summed E-state index contributed by atoms with van der Waals surface area (Å²) in [7, 11) is 0. The van der Waals surface area contributed by atoms with E-state index in [2.05, 4.69) is 24.1 Å². The van der Waals surface area contributed by atoms with Crippen LogP contribution >= 0.6 is 11.8 Å². The summed E-state index contributed by atoms with van der Waals surface area (Å²) in [4.78, 5) is 14.6. The highest BCUT2D eigenvalue weighted by Crippen LogP contribution is 2.28. The molecule has 0 bridgehead atoms. The molecule has 0 saturated heterocycles. The first-order chi connectivity index (χ1) is 8.93. The molecule has 2 aromatic rings. The number of nitro benzene ring substituents is 1. The van der Waals surface area contributed by atoms with Gasteiger partial charge in [0, 0.05) is 17.4 Å². The van der Waals surface area contributed by atoms with Gasteiger partial charge in [-0.15, -0.1) is 0 Å². The Morgan fingerprint density at radius 2 is 2.26 bits per heavy atom. The second kappa shape index (κ2) is 5.08. The summed E-state index contributed by atoms with van der Waals surface area (Å²) in [6.45, 7) is 4.85. The van der Waals surface area contributed by atoms with E-state index in [0.29, 0.717) is 18.1 Å². The van der Waals surface area contributed by atoms with Gasteiger partial charge in [0.05, 0.1) is 4.92 Å². The second-order valence-corrected chi connectivity index (χ2v) is 6.23. The molecule has 1 heterocycles. The molecule has 2 rings (SSSR count). The molecule has 0 radical (unpaired) electrons. The number of nitrogens with zero attached hydrogens (tertiary/aromatic N) is 2. The number of non-ortho nitro benzene ring substituents is 1. The van der Waals surface area contributed by atoms with E-state index in [0.717, 1.165) is 0 Å². The lowest BCUT2D eigenvalue weighted by molar-refractivity contribution is -0.383.